The second-order valence-electron chi connectivity index (χ2n) is 23.6. The summed E-state index contributed by atoms with van der Waals surface area (Å²) in [5.74, 6) is 0. The SMILES string of the molecule is CC(C)(C)c1ccc(N(c2ccc(C(C)(C)C)cc2)c2cc3c4c(c2)-n2c5cccc6c5c5c7c(cccc7cc(c52)B4c2cc4cccc5c4c4c7c(cccc7n-3c24)-c2ccccc2-5)-c2ccccc2-6)cc1. The summed E-state index contributed by atoms with van der Waals surface area (Å²) in [4.78, 5) is 2.52. The van der Waals surface area contributed by atoms with Crippen molar-refractivity contribution in [3.8, 4) is 55.9 Å². The van der Waals surface area contributed by atoms with Crippen LogP contribution in [0.4, 0.5) is 17.1 Å². The van der Waals surface area contributed by atoms with Crippen LogP contribution < -0.4 is 21.3 Å². The highest BCUT2D eigenvalue weighted by atomic mass is 15.2. The maximum Gasteiger partial charge on any atom is 0.252 e. The van der Waals surface area contributed by atoms with Crippen LogP contribution in [0.5, 0.6) is 0 Å². The van der Waals surface area contributed by atoms with Gasteiger partial charge in [-0.15, -0.1) is 0 Å². The van der Waals surface area contributed by atoms with Gasteiger partial charge in [-0.25, -0.2) is 0 Å². The van der Waals surface area contributed by atoms with E-state index in [9.17, 15) is 0 Å². The normalized spacial score (nSPS) is 13.5. The van der Waals surface area contributed by atoms with Crippen LogP contribution in [0.2, 0.25) is 0 Å². The first-order chi connectivity index (χ1) is 36.0. The van der Waals surface area contributed by atoms with E-state index in [1.54, 1.807) is 0 Å². The van der Waals surface area contributed by atoms with Crippen LogP contribution in [0.25, 0.3) is 121 Å². The molecule has 2 aliphatic heterocycles. The maximum atomic E-state index is 2.69. The molecule has 13 aromatic rings. The number of nitrogens with zero attached hydrogens (tertiary/aromatic N) is 3. The van der Waals surface area contributed by atoms with Crippen molar-refractivity contribution in [1.29, 1.82) is 0 Å². The van der Waals surface area contributed by atoms with Crippen molar-refractivity contribution in [2.24, 2.45) is 0 Å². The molecule has 2 aromatic heterocycles. The summed E-state index contributed by atoms with van der Waals surface area (Å²) in [7, 11) is 0. The van der Waals surface area contributed by atoms with Gasteiger partial charge in [0.15, 0.2) is 0 Å². The fourth-order valence-corrected chi connectivity index (χ4v) is 14.4. The molecule has 0 amide bonds. The minimum atomic E-state index is -0.0440. The van der Waals surface area contributed by atoms with E-state index in [1.165, 1.54) is 149 Å². The number of anilines is 3. The summed E-state index contributed by atoms with van der Waals surface area (Å²) in [6, 6.07) is 75.3. The smallest absolute Gasteiger partial charge is 0.252 e. The van der Waals surface area contributed by atoms with Gasteiger partial charge < -0.3 is 14.0 Å². The quantitative estimate of drug-likeness (QED) is 0.161. The molecule has 0 spiro atoms. The first-order valence-corrected chi connectivity index (χ1v) is 26.5. The molecule has 4 heterocycles. The van der Waals surface area contributed by atoms with Gasteiger partial charge in [0.1, 0.15) is 0 Å². The molecule has 0 unspecified atom stereocenters. The first kappa shape index (κ1) is 40.9. The van der Waals surface area contributed by atoms with Gasteiger partial charge in [0.25, 0.3) is 6.71 Å². The Labute approximate surface area is 430 Å². The van der Waals surface area contributed by atoms with E-state index in [1.807, 2.05) is 0 Å². The van der Waals surface area contributed by atoms with Crippen molar-refractivity contribution in [2.45, 2.75) is 52.4 Å². The number of aromatic nitrogens is 2. The zero-order chi connectivity index (χ0) is 49.3. The van der Waals surface area contributed by atoms with Crippen LogP contribution in [-0.4, -0.2) is 15.8 Å². The van der Waals surface area contributed by atoms with Gasteiger partial charge in [0.05, 0.1) is 27.8 Å². The Kier molecular flexibility index (Phi) is 7.59. The molecule has 74 heavy (non-hydrogen) atoms. The van der Waals surface area contributed by atoms with Gasteiger partial charge in [-0.1, -0.05) is 187 Å². The van der Waals surface area contributed by atoms with E-state index < -0.39 is 0 Å². The molecule has 0 radical (unpaired) electrons. The van der Waals surface area contributed by atoms with Gasteiger partial charge in [-0.05, 0) is 153 Å². The standard InChI is InChI=1S/C70H50BN3/c1-69(2,3)41-27-31-43(32-28-41)72(44-33-29-42(30-34-44)70(4,5)6)45-37-58-66-59(38-45)74-57-26-14-24-53-49-20-10-8-18-47(49)51-22-12-16-40-36-55(68(74)65(61(40)51)63(53)57)71(66)54-35-39-15-11-21-50-46-17-7-9-19-48(46)52-23-13-25-56-62(52)64(60(39)50)67(54)73(56)58/h7-38H,1-6H3. The van der Waals surface area contributed by atoms with Gasteiger partial charge in [-0.2, -0.15) is 0 Å². The minimum absolute atomic E-state index is 0.0170. The Morgan fingerprint density at radius 1 is 0.338 bits per heavy atom. The maximum absolute atomic E-state index is 2.69. The second kappa shape index (κ2) is 13.7. The van der Waals surface area contributed by atoms with Crippen molar-refractivity contribution < 1.29 is 0 Å². The van der Waals surface area contributed by atoms with E-state index in [-0.39, 0.29) is 17.5 Å². The molecule has 4 aliphatic rings. The highest BCUT2D eigenvalue weighted by Gasteiger charge is 2.44. The zero-order valence-electron chi connectivity index (χ0n) is 42.4. The molecule has 0 saturated carbocycles. The molecule has 0 saturated heterocycles. The Morgan fingerprint density at radius 2 is 0.703 bits per heavy atom. The van der Waals surface area contributed by atoms with E-state index >= 15 is 0 Å². The third-order valence-electron chi connectivity index (χ3n) is 17.6. The van der Waals surface area contributed by atoms with E-state index in [0.29, 0.717) is 0 Å². The van der Waals surface area contributed by atoms with Crippen LogP contribution in [0.3, 0.4) is 0 Å². The van der Waals surface area contributed by atoms with Crippen LogP contribution >= 0.6 is 0 Å². The number of fused-ring (bicyclic) bond motifs is 12. The fourth-order valence-electron chi connectivity index (χ4n) is 14.4. The molecule has 2 aliphatic carbocycles. The molecule has 3 nitrogen and oxygen atoms in total. The predicted molar refractivity (Wildman–Crippen MR) is 316 cm³/mol. The minimum Gasteiger partial charge on any atom is -0.310 e. The molecule has 17 rings (SSSR count). The van der Waals surface area contributed by atoms with E-state index in [4.69, 9.17) is 0 Å². The molecular formula is C70H50BN3. The monoisotopic (exact) mass is 943 g/mol. The number of hydrogen-bond acceptors (Lipinski definition) is 1. The van der Waals surface area contributed by atoms with Gasteiger partial charge in [0, 0.05) is 44.3 Å². The zero-order valence-corrected chi connectivity index (χ0v) is 42.4. The lowest BCUT2D eigenvalue weighted by molar-refractivity contribution is 0.590. The van der Waals surface area contributed by atoms with Gasteiger partial charge in [-0.3, -0.25) is 0 Å². The van der Waals surface area contributed by atoms with Crippen LogP contribution in [-0.2, 0) is 10.8 Å². The largest absolute Gasteiger partial charge is 0.310 e. The molecular weight excluding hydrogens is 894 g/mol. The topological polar surface area (TPSA) is 13.1 Å². The molecule has 0 N–H and O–H groups in total. The Hall–Kier alpha value is -8.60. The number of rotatable bonds is 3. The van der Waals surface area contributed by atoms with Crippen LogP contribution in [0, 0.1) is 0 Å². The molecule has 11 aromatic carbocycles. The summed E-state index contributed by atoms with van der Waals surface area (Å²) in [6.45, 7) is 13.8. The predicted octanol–water partition coefficient (Wildman–Crippen LogP) is 16.7. The van der Waals surface area contributed by atoms with Crippen molar-refractivity contribution >= 4 is 105 Å². The average molecular weight is 944 g/mol. The Bertz CT molecular complexity index is 4430. The van der Waals surface area contributed by atoms with Crippen molar-refractivity contribution in [3.63, 3.8) is 0 Å². The average Bonchev–Trinajstić information content (AvgIpc) is 3.92. The van der Waals surface area contributed by atoms with Crippen molar-refractivity contribution in [3.05, 3.63) is 205 Å². The summed E-state index contributed by atoms with van der Waals surface area (Å²) < 4.78 is 5.38. The van der Waals surface area contributed by atoms with Crippen LogP contribution in [0.1, 0.15) is 52.7 Å². The number of benzene rings is 11. The second-order valence-corrected chi connectivity index (χ2v) is 23.6. The lowest BCUT2D eigenvalue weighted by atomic mass is 9.34. The lowest BCUT2D eigenvalue weighted by Gasteiger charge is -2.36. The summed E-state index contributed by atoms with van der Waals surface area (Å²) in [5, 5.41) is 10.7. The molecule has 4 heteroatoms. The van der Waals surface area contributed by atoms with Gasteiger partial charge in [0.2, 0.25) is 0 Å². The third kappa shape index (κ3) is 5.04. The van der Waals surface area contributed by atoms with Crippen LogP contribution in [0.15, 0.2) is 194 Å². The molecule has 0 bridgehead atoms. The Morgan fingerprint density at radius 3 is 1.09 bits per heavy atom. The Balaban J connectivity index is 1.08. The fraction of sp³-hybridized carbons (Fsp3) is 0.114. The van der Waals surface area contributed by atoms with Gasteiger partial charge >= 0.3 is 0 Å². The molecule has 0 fully saturated rings. The van der Waals surface area contributed by atoms with E-state index in [0.717, 1.165) is 17.1 Å². The number of hydrogen-bond donors (Lipinski definition) is 0. The third-order valence-corrected chi connectivity index (χ3v) is 17.6. The summed E-state index contributed by atoms with van der Waals surface area (Å²) in [5.41, 5.74) is 28.2. The summed E-state index contributed by atoms with van der Waals surface area (Å²) in [6.07, 6.45) is 0. The van der Waals surface area contributed by atoms with E-state index in [2.05, 4.69) is 250 Å². The molecule has 348 valence electrons. The highest BCUT2D eigenvalue weighted by Crippen LogP contribution is 2.54. The summed E-state index contributed by atoms with van der Waals surface area (Å²) >= 11 is 0. The van der Waals surface area contributed by atoms with Crippen molar-refractivity contribution in [1.82, 2.24) is 9.13 Å². The highest BCUT2D eigenvalue weighted by molar-refractivity contribution is 7.00. The first-order valence-electron chi connectivity index (χ1n) is 26.5. The van der Waals surface area contributed by atoms with Crippen molar-refractivity contribution in [2.75, 3.05) is 4.90 Å². The molecule has 0 atom stereocenters. The lowest BCUT2D eigenvalue weighted by Crippen LogP contribution is -2.59.